The van der Waals surface area contributed by atoms with Crippen molar-refractivity contribution in [2.75, 3.05) is 11.5 Å². The highest BCUT2D eigenvalue weighted by atomic mass is 32.2. The Labute approximate surface area is 92.8 Å². The highest BCUT2D eigenvalue weighted by Crippen LogP contribution is 2.45. The van der Waals surface area contributed by atoms with E-state index in [4.69, 9.17) is 0 Å². The average Bonchev–Trinajstić information content (AvgIpc) is 2.56. The van der Waals surface area contributed by atoms with Crippen LogP contribution >= 0.6 is 35.7 Å². The number of thiol groups is 1. The zero-order valence-corrected chi connectivity index (χ0v) is 9.93. The quantitative estimate of drug-likeness (QED) is 0.630. The molecule has 0 radical (unpaired) electrons. The van der Waals surface area contributed by atoms with Crippen LogP contribution in [-0.2, 0) is 0 Å². The van der Waals surface area contributed by atoms with Crippen molar-refractivity contribution in [1.29, 1.82) is 0 Å². The highest BCUT2D eigenvalue weighted by Gasteiger charge is 2.35. The Morgan fingerprint density at radius 3 is 2.92 bits per heavy atom. The summed E-state index contributed by atoms with van der Waals surface area (Å²) in [4.78, 5) is 4.27. The third kappa shape index (κ3) is 2.22. The van der Waals surface area contributed by atoms with Gasteiger partial charge in [-0.3, -0.25) is 0 Å². The first kappa shape index (κ1) is 9.87. The van der Waals surface area contributed by atoms with E-state index in [1.54, 1.807) is 11.3 Å². The second-order valence-corrected chi connectivity index (χ2v) is 6.03. The summed E-state index contributed by atoms with van der Waals surface area (Å²) < 4.78 is 1.20. The molecule has 72 valence electrons. The highest BCUT2D eigenvalue weighted by molar-refractivity contribution is 8.01. The van der Waals surface area contributed by atoms with Crippen molar-refractivity contribution in [1.82, 2.24) is 4.98 Å². The molecule has 4 heteroatoms. The van der Waals surface area contributed by atoms with Crippen LogP contribution in [0.15, 0.2) is 15.9 Å². The van der Waals surface area contributed by atoms with Gasteiger partial charge >= 0.3 is 0 Å². The summed E-state index contributed by atoms with van der Waals surface area (Å²) in [5, 5.41) is 2.04. The second kappa shape index (κ2) is 4.24. The Balaban J connectivity index is 1.84. The monoisotopic (exact) mass is 231 g/mol. The Hall–Kier alpha value is 0.330. The number of thiazole rings is 1. The summed E-state index contributed by atoms with van der Waals surface area (Å²) in [7, 11) is 0. The first-order valence-corrected chi connectivity index (χ1v) is 6.98. The summed E-state index contributed by atoms with van der Waals surface area (Å²) >= 11 is 8.06. The van der Waals surface area contributed by atoms with E-state index in [0.29, 0.717) is 5.41 Å². The predicted octanol–water partition coefficient (Wildman–Crippen LogP) is 3.34. The van der Waals surface area contributed by atoms with Crippen molar-refractivity contribution >= 4 is 35.7 Å². The van der Waals surface area contributed by atoms with Crippen LogP contribution in [0.2, 0.25) is 0 Å². The fourth-order valence-corrected chi connectivity index (χ4v) is 4.03. The van der Waals surface area contributed by atoms with Crippen LogP contribution in [0, 0.1) is 5.41 Å². The van der Waals surface area contributed by atoms with Gasteiger partial charge in [-0.15, -0.1) is 11.3 Å². The molecule has 1 nitrogen and oxygen atoms in total. The van der Waals surface area contributed by atoms with Crippen LogP contribution in [0.5, 0.6) is 0 Å². The number of aromatic nitrogens is 1. The van der Waals surface area contributed by atoms with Gasteiger partial charge in [0.25, 0.3) is 0 Å². The zero-order valence-electron chi connectivity index (χ0n) is 7.40. The fraction of sp³-hybridized carbons (Fsp3) is 0.667. The van der Waals surface area contributed by atoms with E-state index in [1.807, 2.05) is 23.3 Å². The summed E-state index contributed by atoms with van der Waals surface area (Å²) in [6, 6.07) is 0. The molecule has 0 N–H and O–H groups in total. The van der Waals surface area contributed by atoms with Crippen LogP contribution < -0.4 is 0 Å². The van der Waals surface area contributed by atoms with Crippen molar-refractivity contribution in [2.24, 2.45) is 5.41 Å². The van der Waals surface area contributed by atoms with E-state index >= 15 is 0 Å². The van der Waals surface area contributed by atoms with E-state index in [2.05, 4.69) is 17.6 Å². The molecule has 0 atom stereocenters. The molecule has 0 spiro atoms. The van der Waals surface area contributed by atoms with Gasteiger partial charge in [-0.05, 0) is 24.0 Å². The van der Waals surface area contributed by atoms with Crippen molar-refractivity contribution < 1.29 is 0 Å². The van der Waals surface area contributed by atoms with Gasteiger partial charge in [0, 0.05) is 17.3 Å². The van der Waals surface area contributed by atoms with E-state index in [0.717, 1.165) is 5.75 Å². The number of rotatable bonds is 4. The molecule has 0 bridgehead atoms. The molecule has 1 aromatic rings. The van der Waals surface area contributed by atoms with Gasteiger partial charge in [0.1, 0.15) is 4.34 Å². The van der Waals surface area contributed by atoms with E-state index in [9.17, 15) is 0 Å². The SMILES string of the molecule is SCC1(CSc2nccs2)CCC1. The van der Waals surface area contributed by atoms with Gasteiger partial charge in [0.15, 0.2) is 0 Å². The number of nitrogens with zero attached hydrogens (tertiary/aromatic N) is 1. The van der Waals surface area contributed by atoms with Gasteiger partial charge in [-0.25, -0.2) is 4.98 Å². The van der Waals surface area contributed by atoms with E-state index in [1.165, 1.54) is 29.4 Å². The third-order valence-corrected chi connectivity index (χ3v) is 5.65. The van der Waals surface area contributed by atoms with Crippen molar-refractivity contribution in [3.8, 4) is 0 Å². The lowest BCUT2D eigenvalue weighted by Crippen LogP contribution is -2.33. The largest absolute Gasteiger partial charge is 0.238 e. The van der Waals surface area contributed by atoms with Crippen molar-refractivity contribution in [3.05, 3.63) is 11.6 Å². The lowest BCUT2D eigenvalue weighted by atomic mass is 9.72. The smallest absolute Gasteiger partial charge is 0.149 e. The summed E-state index contributed by atoms with van der Waals surface area (Å²) in [5.74, 6) is 2.23. The minimum atomic E-state index is 0.527. The van der Waals surface area contributed by atoms with Gasteiger partial charge < -0.3 is 0 Å². The minimum absolute atomic E-state index is 0.527. The van der Waals surface area contributed by atoms with Gasteiger partial charge in [0.2, 0.25) is 0 Å². The van der Waals surface area contributed by atoms with Gasteiger partial charge in [-0.2, -0.15) is 12.6 Å². The molecular weight excluding hydrogens is 218 g/mol. The first-order valence-electron chi connectivity index (χ1n) is 4.48. The standard InChI is InChI=1S/C9H13NS3/c11-6-9(2-1-3-9)7-13-8-10-4-5-12-8/h4-5,11H,1-3,6-7H2. The molecule has 13 heavy (non-hydrogen) atoms. The van der Waals surface area contributed by atoms with Crippen LogP contribution in [0.1, 0.15) is 19.3 Å². The second-order valence-electron chi connectivity index (χ2n) is 3.60. The molecule has 0 unspecified atom stereocenters. The number of thioether (sulfide) groups is 1. The van der Waals surface area contributed by atoms with E-state index < -0.39 is 0 Å². The third-order valence-electron chi connectivity index (χ3n) is 2.66. The molecule has 0 aromatic carbocycles. The Morgan fingerprint density at radius 2 is 2.46 bits per heavy atom. The van der Waals surface area contributed by atoms with Crippen LogP contribution in [0.3, 0.4) is 0 Å². The Kier molecular flexibility index (Phi) is 3.22. The summed E-state index contributed by atoms with van der Waals surface area (Å²) in [5.41, 5.74) is 0.527. The molecule has 0 saturated heterocycles. The molecule has 1 aliphatic carbocycles. The minimum Gasteiger partial charge on any atom is -0.238 e. The van der Waals surface area contributed by atoms with Crippen LogP contribution in [-0.4, -0.2) is 16.5 Å². The fourth-order valence-electron chi connectivity index (χ4n) is 1.52. The summed E-state index contributed by atoms with van der Waals surface area (Å²) in [6.07, 6.45) is 5.98. The lowest BCUT2D eigenvalue weighted by molar-refractivity contribution is 0.205. The maximum absolute atomic E-state index is 4.43. The number of hydrogen-bond donors (Lipinski definition) is 1. The average molecular weight is 231 g/mol. The Morgan fingerprint density at radius 1 is 1.62 bits per heavy atom. The molecular formula is C9H13NS3. The molecule has 1 saturated carbocycles. The topological polar surface area (TPSA) is 12.9 Å². The van der Waals surface area contributed by atoms with Gasteiger partial charge in [-0.1, -0.05) is 18.2 Å². The normalized spacial score (nSPS) is 19.8. The van der Waals surface area contributed by atoms with Crippen LogP contribution in [0.4, 0.5) is 0 Å². The maximum atomic E-state index is 4.43. The molecule has 1 aromatic heterocycles. The Bertz CT molecular complexity index is 248. The predicted molar refractivity (Wildman–Crippen MR) is 63.0 cm³/mol. The van der Waals surface area contributed by atoms with E-state index in [-0.39, 0.29) is 0 Å². The van der Waals surface area contributed by atoms with Crippen molar-refractivity contribution in [2.45, 2.75) is 23.6 Å². The molecule has 0 aliphatic heterocycles. The zero-order chi connectivity index (χ0) is 9.15. The molecule has 1 fully saturated rings. The molecule has 0 amide bonds. The molecule has 1 heterocycles. The number of hydrogen-bond acceptors (Lipinski definition) is 4. The molecule has 1 aliphatic rings. The summed E-state index contributed by atoms with van der Waals surface area (Å²) in [6.45, 7) is 0. The lowest BCUT2D eigenvalue weighted by Gasteiger charge is -2.40. The first-order chi connectivity index (χ1) is 6.35. The van der Waals surface area contributed by atoms with Gasteiger partial charge in [0.05, 0.1) is 0 Å². The maximum Gasteiger partial charge on any atom is 0.149 e. The van der Waals surface area contributed by atoms with Crippen LogP contribution in [0.25, 0.3) is 0 Å². The van der Waals surface area contributed by atoms with Crippen molar-refractivity contribution in [3.63, 3.8) is 0 Å². The molecule has 2 rings (SSSR count).